The van der Waals surface area contributed by atoms with E-state index in [1.165, 1.54) is 0 Å². The molecule has 1 saturated heterocycles. The Morgan fingerprint density at radius 2 is 2.15 bits per heavy atom. The fourth-order valence-corrected chi connectivity index (χ4v) is 1.20. The zero-order chi connectivity index (χ0) is 9.10. The topological polar surface area (TPSA) is 47.0 Å². The Kier molecular flexibility index (Phi) is 2.35. The number of hydrogen-bond acceptors (Lipinski definition) is 4. The molecule has 0 aliphatic carbocycles. The van der Waals surface area contributed by atoms with E-state index >= 15 is 0 Å². The molecule has 1 N–H and O–H groups in total. The molecule has 1 aliphatic rings. The number of aromatic nitrogens is 2. The van der Waals surface area contributed by atoms with Gasteiger partial charge in [-0.15, -0.1) is 0 Å². The zero-order valence-electron chi connectivity index (χ0n) is 6.98. The van der Waals surface area contributed by atoms with Crippen LogP contribution in [0.4, 0.5) is 10.3 Å². The minimum Gasteiger partial charge on any atom is -0.376 e. The Morgan fingerprint density at radius 1 is 1.38 bits per heavy atom. The van der Waals surface area contributed by atoms with Crippen LogP contribution < -0.4 is 5.32 Å². The van der Waals surface area contributed by atoms with Crippen molar-refractivity contribution in [3.63, 3.8) is 0 Å². The van der Waals surface area contributed by atoms with Crippen molar-refractivity contribution < 1.29 is 9.13 Å². The van der Waals surface area contributed by atoms with E-state index in [9.17, 15) is 4.39 Å². The molecule has 0 amide bonds. The van der Waals surface area contributed by atoms with Crippen molar-refractivity contribution in [1.29, 1.82) is 0 Å². The highest BCUT2D eigenvalue weighted by Gasteiger charge is 2.28. The summed E-state index contributed by atoms with van der Waals surface area (Å²) in [4.78, 5) is 7.86. The molecule has 0 bridgehead atoms. The molecule has 1 fully saturated rings. The molecule has 1 aliphatic heterocycles. The van der Waals surface area contributed by atoms with Crippen LogP contribution in [-0.2, 0) is 4.74 Å². The highest BCUT2D eigenvalue weighted by atomic mass is 19.1. The SMILES string of the molecule is FC1COCC1Nc1ncccn1. The average molecular weight is 183 g/mol. The van der Waals surface area contributed by atoms with Crippen molar-refractivity contribution in [2.24, 2.45) is 0 Å². The summed E-state index contributed by atoms with van der Waals surface area (Å²) in [6.07, 6.45) is 2.25. The van der Waals surface area contributed by atoms with Crippen LogP contribution in [0.1, 0.15) is 0 Å². The van der Waals surface area contributed by atoms with Crippen LogP contribution in [0.3, 0.4) is 0 Å². The summed E-state index contributed by atoms with van der Waals surface area (Å²) >= 11 is 0. The highest BCUT2D eigenvalue weighted by molar-refractivity contribution is 5.25. The summed E-state index contributed by atoms with van der Waals surface area (Å²) in [5.74, 6) is 0.445. The minimum absolute atomic E-state index is 0.157. The molecule has 2 rings (SSSR count). The van der Waals surface area contributed by atoms with Gasteiger partial charge in [0.05, 0.1) is 19.3 Å². The first-order chi connectivity index (χ1) is 6.36. The number of halogens is 1. The van der Waals surface area contributed by atoms with Crippen molar-refractivity contribution in [1.82, 2.24) is 9.97 Å². The van der Waals surface area contributed by atoms with Gasteiger partial charge in [0.25, 0.3) is 0 Å². The Bertz CT molecular complexity index is 269. The maximum atomic E-state index is 13.0. The van der Waals surface area contributed by atoms with Gasteiger partial charge in [0.2, 0.25) is 5.95 Å². The van der Waals surface area contributed by atoms with Crippen LogP contribution in [0, 0.1) is 0 Å². The average Bonchev–Trinajstić information content (AvgIpc) is 2.54. The van der Waals surface area contributed by atoms with E-state index in [2.05, 4.69) is 15.3 Å². The molecule has 0 spiro atoms. The van der Waals surface area contributed by atoms with Crippen LogP contribution in [0.2, 0.25) is 0 Å². The number of anilines is 1. The van der Waals surface area contributed by atoms with Gasteiger partial charge in [0.15, 0.2) is 0 Å². The molecular formula is C8H10FN3O. The normalized spacial score (nSPS) is 27.5. The first-order valence-electron chi connectivity index (χ1n) is 4.11. The van der Waals surface area contributed by atoms with E-state index < -0.39 is 6.17 Å². The van der Waals surface area contributed by atoms with Gasteiger partial charge in [0.1, 0.15) is 6.17 Å². The third kappa shape index (κ3) is 1.92. The summed E-state index contributed by atoms with van der Waals surface area (Å²) < 4.78 is 18.0. The van der Waals surface area contributed by atoms with Crippen molar-refractivity contribution in [2.45, 2.75) is 12.2 Å². The van der Waals surface area contributed by atoms with Crippen molar-refractivity contribution in [3.8, 4) is 0 Å². The van der Waals surface area contributed by atoms with Crippen LogP contribution in [-0.4, -0.2) is 35.4 Å². The van der Waals surface area contributed by atoms with E-state index in [-0.39, 0.29) is 12.6 Å². The lowest BCUT2D eigenvalue weighted by Gasteiger charge is -2.11. The Hall–Kier alpha value is -1.23. The van der Waals surface area contributed by atoms with Gasteiger partial charge < -0.3 is 10.1 Å². The van der Waals surface area contributed by atoms with Crippen LogP contribution in [0.25, 0.3) is 0 Å². The van der Waals surface area contributed by atoms with Crippen molar-refractivity contribution in [2.75, 3.05) is 18.5 Å². The number of nitrogens with one attached hydrogen (secondary N) is 1. The smallest absolute Gasteiger partial charge is 0.222 e. The summed E-state index contributed by atoms with van der Waals surface area (Å²) in [6, 6.07) is 1.39. The molecule has 70 valence electrons. The molecule has 5 heteroatoms. The summed E-state index contributed by atoms with van der Waals surface area (Å²) in [7, 11) is 0. The third-order valence-electron chi connectivity index (χ3n) is 1.89. The van der Waals surface area contributed by atoms with E-state index in [1.54, 1.807) is 18.5 Å². The Morgan fingerprint density at radius 3 is 2.77 bits per heavy atom. The van der Waals surface area contributed by atoms with Gasteiger partial charge in [-0.3, -0.25) is 0 Å². The first kappa shape index (κ1) is 8.37. The minimum atomic E-state index is -0.969. The predicted molar refractivity (Wildman–Crippen MR) is 45.2 cm³/mol. The van der Waals surface area contributed by atoms with Crippen LogP contribution in [0.5, 0.6) is 0 Å². The second kappa shape index (κ2) is 3.66. The fraction of sp³-hybridized carbons (Fsp3) is 0.500. The molecule has 2 atom stereocenters. The molecule has 1 aromatic heterocycles. The molecule has 1 aromatic rings. The van der Waals surface area contributed by atoms with E-state index in [1.807, 2.05) is 0 Å². The number of nitrogens with zero attached hydrogens (tertiary/aromatic N) is 2. The monoisotopic (exact) mass is 183 g/mol. The first-order valence-corrected chi connectivity index (χ1v) is 4.11. The van der Waals surface area contributed by atoms with Gasteiger partial charge in [0, 0.05) is 12.4 Å². The van der Waals surface area contributed by atoms with E-state index in [4.69, 9.17) is 4.74 Å². The molecule has 0 radical (unpaired) electrons. The van der Waals surface area contributed by atoms with Gasteiger partial charge >= 0.3 is 0 Å². The molecule has 13 heavy (non-hydrogen) atoms. The maximum absolute atomic E-state index is 13.0. The molecule has 4 nitrogen and oxygen atoms in total. The van der Waals surface area contributed by atoms with Crippen LogP contribution >= 0.6 is 0 Å². The third-order valence-corrected chi connectivity index (χ3v) is 1.89. The Balaban J connectivity index is 1.98. The van der Waals surface area contributed by atoms with E-state index in [0.717, 1.165) is 0 Å². The fourth-order valence-electron chi connectivity index (χ4n) is 1.20. The quantitative estimate of drug-likeness (QED) is 0.730. The predicted octanol–water partition coefficient (Wildman–Crippen LogP) is 0.625. The number of rotatable bonds is 2. The molecule has 2 heterocycles. The standard InChI is InChI=1S/C8H10FN3O/c9-6-4-13-5-7(6)12-8-10-2-1-3-11-8/h1-3,6-7H,4-5H2,(H,10,11,12). The largest absolute Gasteiger partial charge is 0.376 e. The Labute approximate surface area is 75.2 Å². The van der Waals surface area contributed by atoms with Gasteiger partial charge in [-0.05, 0) is 6.07 Å². The van der Waals surface area contributed by atoms with Crippen molar-refractivity contribution in [3.05, 3.63) is 18.5 Å². The van der Waals surface area contributed by atoms with Gasteiger partial charge in [-0.25, -0.2) is 14.4 Å². The second-order valence-electron chi connectivity index (χ2n) is 2.88. The number of alkyl halides is 1. The second-order valence-corrected chi connectivity index (χ2v) is 2.88. The molecule has 0 saturated carbocycles. The van der Waals surface area contributed by atoms with Gasteiger partial charge in [-0.2, -0.15) is 0 Å². The lowest BCUT2D eigenvalue weighted by molar-refractivity contribution is 0.173. The maximum Gasteiger partial charge on any atom is 0.222 e. The van der Waals surface area contributed by atoms with Crippen molar-refractivity contribution >= 4 is 5.95 Å². The zero-order valence-corrected chi connectivity index (χ0v) is 6.98. The van der Waals surface area contributed by atoms with E-state index in [0.29, 0.717) is 12.6 Å². The number of ether oxygens (including phenoxy) is 1. The molecule has 0 aromatic carbocycles. The lowest BCUT2D eigenvalue weighted by atomic mass is 10.2. The summed E-state index contributed by atoms with van der Waals surface area (Å²) in [5, 5.41) is 2.87. The summed E-state index contributed by atoms with van der Waals surface area (Å²) in [5.41, 5.74) is 0. The van der Waals surface area contributed by atoms with Gasteiger partial charge in [-0.1, -0.05) is 0 Å². The lowest BCUT2D eigenvalue weighted by Crippen LogP contribution is -2.29. The molecular weight excluding hydrogens is 173 g/mol. The number of hydrogen-bond donors (Lipinski definition) is 1. The summed E-state index contributed by atoms with van der Waals surface area (Å²) in [6.45, 7) is 0.532. The van der Waals surface area contributed by atoms with Crippen LogP contribution in [0.15, 0.2) is 18.5 Å². The highest BCUT2D eigenvalue weighted by Crippen LogP contribution is 2.12. The molecule has 2 unspecified atom stereocenters.